The fraction of sp³-hybridized carbons (Fsp3) is 0.476. The number of imidazole rings is 1. The summed E-state index contributed by atoms with van der Waals surface area (Å²) in [6.45, 7) is 2.79. The van der Waals surface area contributed by atoms with Crippen molar-refractivity contribution in [2.75, 3.05) is 31.7 Å². The molecule has 7 heteroatoms. The standard InChI is InChI=1S/C21H25N5O2/c1-27-16-9-7-15(8-10-16)18-19-20(24-21(23-18)25-11-3-4-12-25)26(14-22-19)17-6-2-5-13-28-17/h7-10,14,17H,2-6,11-13H2,1H3/t17-/m1/s1. The van der Waals surface area contributed by atoms with Crippen LogP contribution >= 0.6 is 0 Å². The number of ether oxygens (including phenoxy) is 2. The van der Waals surface area contributed by atoms with Gasteiger partial charge in [-0.15, -0.1) is 0 Å². The number of benzene rings is 1. The van der Waals surface area contributed by atoms with Crippen LogP contribution in [0.5, 0.6) is 5.75 Å². The van der Waals surface area contributed by atoms with Crippen molar-refractivity contribution < 1.29 is 9.47 Å². The van der Waals surface area contributed by atoms with Crippen molar-refractivity contribution in [3.8, 4) is 17.0 Å². The van der Waals surface area contributed by atoms with Gasteiger partial charge in [0.05, 0.1) is 13.4 Å². The Labute approximate surface area is 164 Å². The fourth-order valence-corrected chi connectivity index (χ4v) is 4.07. The van der Waals surface area contributed by atoms with Crippen LogP contribution in [-0.4, -0.2) is 46.3 Å². The Morgan fingerprint density at radius 2 is 1.86 bits per heavy atom. The van der Waals surface area contributed by atoms with Crippen molar-refractivity contribution in [2.24, 2.45) is 0 Å². The molecule has 0 bridgehead atoms. The molecule has 28 heavy (non-hydrogen) atoms. The molecule has 2 aromatic heterocycles. The monoisotopic (exact) mass is 379 g/mol. The lowest BCUT2D eigenvalue weighted by Crippen LogP contribution is -2.22. The third-order valence-electron chi connectivity index (χ3n) is 5.63. The van der Waals surface area contributed by atoms with Crippen molar-refractivity contribution in [2.45, 2.75) is 38.3 Å². The van der Waals surface area contributed by atoms with Gasteiger partial charge in [0.25, 0.3) is 0 Å². The largest absolute Gasteiger partial charge is 0.497 e. The first-order chi connectivity index (χ1) is 13.8. The smallest absolute Gasteiger partial charge is 0.228 e. The summed E-state index contributed by atoms with van der Waals surface area (Å²) in [5.41, 5.74) is 3.56. The SMILES string of the molecule is COc1ccc(-c2nc(N3CCCC3)nc3c2ncn3[C@H]2CCCCO2)cc1. The maximum absolute atomic E-state index is 6.00. The Hall–Kier alpha value is -2.67. The molecule has 2 aliphatic rings. The second-order valence-corrected chi connectivity index (χ2v) is 7.44. The molecule has 2 fully saturated rings. The minimum absolute atomic E-state index is 0.00351. The molecule has 1 aromatic carbocycles. The Bertz CT molecular complexity index is 957. The van der Waals surface area contributed by atoms with E-state index in [2.05, 4.69) is 14.5 Å². The molecule has 2 aliphatic heterocycles. The summed E-state index contributed by atoms with van der Waals surface area (Å²) in [6, 6.07) is 7.98. The van der Waals surface area contributed by atoms with Crippen LogP contribution in [0.1, 0.15) is 38.3 Å². The number of fused-ring (bicyclic) bond motifs is 1. The third-order valence-corrected chi connectivity index (χ3v) is 5.63. The minimum atomic E-state index is 0.00351. The first-order valence-corrected chi connectivity index (χ1v) is 10.1. The van der Waals surface area contributed by atoms with Gasteiger partial charge in [0.1, 0.15) is 23.2 Å². The molecular formula is C21H25N5O2. The van der Waals surface area contributed by atoms with E-state index in [0.717, 1.165) is 66.7 Å². The van der Waals surface area contributed by atoms with E-state index in [4.69, 9.17) is 19.4 Å². The molecule has 4 heterocycles. The van der Waals surface area contributed by atoms with Gasteiger partial charge in [0.2, 0.25) is 5.95 Å². The molecule has 5 rings (SSSR count). The van der Waals surface area contributed by atoms with E-state index in [1.165, 1.54) is 19.3 Å². The van der Waals surface area contributed by atoms with Crippen LogP contribution in [0.3, 0.4) is 0 Å². The summed E-state index contributed by atoms with van der Waals surface area (Å²) in [4.78, 5) is 16.8. The van der Waals surface area contributed by atoms with E-state index >= 15 is 0 Å². The zero-order valence-electron chi connectivity index (χ0n) is 16.2. The molecule has 0 amide bonds. The quantitative estimate of drug-likeness (QED) is 0.687. The maximum Gasteiger partial charge on any atom is 0.228 e. The summed E-state index contributed by atoms with van der Waals surface area (Å²) in [5.74, 6) is 1.61. The minimum Gasteiger partial charge on any atom is -0.497 e. The molecule has 0 radical (unpaired) electrons. The summed E-state index contributed by atoms with van der Waals surface area (Å²) in [5, 5.41) is 0. The molecule has 0 N–H and O–H groups in total. The molecule has 0 unspecified atom stereocenters. The first kappa shape index (κ1) is 17.4. The Kier molecular flexibility index (Phi) is 4.60. The predicted octanol–water partition coefficient (Wildman–Crippen LogP) is 3.80. The lowest BCUT2D eigenvalue weighted by atomic mass is 10.1. The second kappa shape index (κ2) is 7.39. The van der Waals surface area contributed by atoms with E-state index in [1.54, 1.807) is 7.11 Å². The Balaban J connectivity index is 1.65. The van der Waals surface area contributed by atoms with Gasteiger partial charge >= 0.3 is 0 Å². The second-order valence-electron chi connectivity index (χ2n) is 7.44. The number of hydrogen-bond donors (Lipinski definition) is 0. The highest BCUT2D eigenvalue weighted by molar-refractivity contribution is 5.88. The molecular weight excluding hydrogens is 354 g/mol. The van der Waals surface area contributed by atoms with Gasteiger partial charge in [-0.25, -0.2) is 9.97 Å². The highest BCUT2D eigenvalue weighted by atomic mass is 16.5. The van der Waals surface area contributed by atoms with Crippen LogP contribution in [0.15, 0.2) is 30.6 Å². The van der Waals surface area contributed by atoms with Crippen molar-refractivity contribution in [3.05, 3.63) is 30.6 Å². The summed E-state index contributed by atoms with van der Waals surface area (Å²) >= 11 is 0. The fourth-order valence-electron chi connectivity index (χ4n) is 4.07. The van der Waals surface area contributed by atoms with E-state index in [0.29, 0.717) is 0 Å². The van der Waals surface area contributed by atoms with Gasteiger partial charge in [-0.3, -0.25) is 4.57 Å². The zero-order chi connectivity index (χ0) is 18.9. The predicted molar refractivity (Wildman–Crippen MR) is 108 cm³/mol. The van der Waals surface area contributed by atoms with Gasteiger partial charge in [0.15, 0.2) is 5.65 Å². The van der Waals surface area contributed by atoms with Crippen LogP contribution < -0.4 is 9.64 Å². The van der Waals surface area contributed by atoms with Crippen molar-refractivity contribution in [1.82, 2.24) is 19.5 Å². The van der Waals surface area contributed by atoms with E-state index in [1.807, 2.05) is 30.6 Å². The third kappa shape index (κ3) is 3.09. The normalized spacial score (nSPS) is 20.0. The zero-order valence-corrected chi connectivity index (χ0v) is 16.2. The van der Waals surface area contributed by atoms with Gasteiger partial charge < -0.3 is 14.4 Å². The van der Waals surface area contributed by atoms with Crippen molar-refractivity contribution in [1.29, 1.82) is 0 Å². The van der Waals surface area contributed by atoms with Crippen molar-refractivity contribution in [3.63, 3.8) is 0 Å². The highest BCUT2D eigenvalue weighted by Crippen LogP contribution is 2.32. The van der Waals surface area contributed by atoms with Crippen LogP contribution in [0.2, 0.25) is 0 Å². The number of aromatic nitrogens is 4. The van der Waals surface area contributed by atoms with Gasteiger partial charge in [-0.1, -0.05) is 0 Å². The van der Waals surface area contributed by atoms with Crippen molar-refractivity contribution >= 4 is 17.1 Å². The average Bonchev–Trinajstić information content (AvgIpc) is 3.44. The number of nitrogens with zero attached hydrogens (tertiary/aromatic N) is 5. The molecule has 2 saturated heterocycles. The van der Waals surface area contributed by atoms with E-state index in [-0.39, 0.29) is 6.23 Å². The molecule has 0 saturated carbocycles. The number of hydrogen-bond acceptors (Lipinski definition) is 6. The van der Waals surface area contributed by atoms with Gasteiger partial charge in [0, 0.05) is 25.3 Å². The average molecular weight is 379 g/mol. The topological polar surface area (TPSA) is 65.3 Å². The molecule has 0 aliphatic carbocycles. The van der Waals surface area contributed by atoms with Gasteiger partial charge in [-0.05, 0) is 56.4 Å². The van der Waals surface area contributed by atoms with E-state index < -0.39 is 0 Å². The Morgan fingerprint density at radius 1 is 1.04 bits per heavy atom. The molecule has 146 valence electrons. The maximum atomic E-state index is 6.00. The van der Waals surface area contributed by atoms with Crippen LogP contribution in [-0.2, 0) is 4.74 Å². The molecule has 7 nitrogen and oxygen atoms in total. The van der Waals surface area contributed by atoms with E-state index in [9.17, 15) is 0 Å². The number of rotatable bonds is 4. The molecule has 1 atom stereocenters. The molecule has 0 spiro atoms. The summed E-state index contributed by atoms with van der Waals surface area (Å²) in [6.07, 6.45) is 7.51. The molecule has 3 aromatic rings. The van der Waals surface area contributed by atoms with Gasteiger partial charge in [-0.2, -0.15) is 4.98 Å². The lowest BCUT2D eigenvalue weighted by molar-refractivity contribution is -0.0298. The first-order valence-electron chi connectivity index (χ1n) is 10.1. The lowest BCUT2D eigenvalue weighted by Gasteiger charge is -2.24. The number of methoxy groups -OCH3 is 1. The van der Waals surface area contributed by atoms with Crippen LogP contribution in [0, 0.1) is 0 Å². The van der Waals surface area contributed by atoms with Crippen LogP contribution in [0.25, 0.3) is 22.4 Å². The highest BCUT2D eigenvalue weighted by Gasteiger charge is 2.24. The number of anilines is 1. The van der Waals surface area contributed by atoms with Crippen LogP contribution in [0.4, 0.5) is 5.95 Å². The Morgan fingerprint density at radius 3 is 2.57 bits per heavy atom. The summed E-state index contributed by atoms with van der Waals surface area (Å²) < 4.78 is 13.4. The summed E-state index contributed by atoms with van der Waals surface area (Å²) in [7, 11) is 1.68.